The second-order valence-electron chi connectivity index (χ2n) is 4.45. The van der Waals surface area contributed by atoms with Gasteiger partial charge in [0.1, 0.15) is 0 Å². The van der Waals surface area contributed by atoms with E-state index < -0.39 is 0 Å². The molecule has 15 heavy (non-hydrogen) atoms. The third-order valence-electron chi connectivity index (χ3n) is 3.13. The molecule has 0 N–H and O–H groups in total. The molecular weight excluding hydrogens is 190 g/mol. The van der Waals surface area contributed by atoms with Crippen LogP contribution in [0.15, 0.2) is 6.07 Å². The van der Waals surface area contributed by atoms with E-state index in [1.165, 1.54) is 0 Å². The Hall–Kier alpha value is -1.16. The minimum atomic E-state index is 0.402. The third-order valence-corrected chi connectivity index (χ3v) is 3.13. The zero-order chi connectivity index (χ0) is 10.4. The molecule has 2 fully saturated rings. The monoisotopic (exact) mass is 205 g/mol. The molecule has 0 saturated carbocycles. The number of fused-ring (bicyclic) bond motifs is 2. The van der Waals surface area contributed by atoms with Crippen LogP contribution < -0.4 is 4.90 Å². The van der Waals surface area contributed by atoms with Crippen molar-refractivity contribution in [2.45, 2.75) is 32.4 Å². The highest BCUT2D eigenvalue weighted by atomic mass is 16.5. The largest absolute Gasteiger partial charge is 0.374 e. The number of rotatable bonds is 1. The van der Waals surface area contributed by atoms with E-state index in [0.717, 1.165) is 36.9 Å². The molecule has 2 saturated heterocycles. The zero-order valence-electron chi connectivity index (χ0n) is 9.10. The first-order chi connectivity index (χ1) is 7.22. The number of nitrogens with zero attached hydrogens (tertiary/aromatic N) is 3. The fourth-order valence-electron chi connectivity index (χ4n) is 2.48. The SMILES string of the molecule is Cc1cc(C)nc(N2CC3CC2CO3)n1. The van der Waals surface area contributed by atoms with Gasteiger partial charge in [-0.3, -0.25) is 0 Å². The summed E-state index contributed by atoms with van der Waals surface area (Å²) in [4.78, 5) is 11.3. The third kappa shape index (κ3) is 1.49. The summed E-state index contributed by atoms with van der Waals surface area (Å²) in [7, 11) is 0. The van der Waals surface area contributed by atoms with Crippen LogP contribution in [0.2, 0.25) is 0 Å². The summed E-state index contributed by atoms with van der Waals surface area (Å²) in [5, 5.41) is 0. The van der Waals surface area contributed by atoms with Gasteiger partial charge in [0.15, 0.2) is 0 Å². The number of morpholine rings is 1. The van der Waals surface area contributed by atoms with Gasteiger partial charge in [-0.1, -0.05) is 0 Å². The molecule has 80 valence electrons. The van der Waals surface area contributed by atoms with Crippen LogP contribution in [0.3, 0.4) is 0 Å². The molecule has 4 nitrogen and oxygen atoms in total. The molecule has 2 unspecified atom stereocenters. The summed E-state index contributed by atoms with van der Waals surface area (Å²) >= 11 is 0. The second kappa shape index (κ2) is 3.17. The van der Waals surface area contributed by atoms with Gasteiger partial charge in [0, 0.05) is 17.9 Å². The molecule has 4 heteroatoms. The van der Waals surface area contributed by atoms with E-state index in [1.54, 1.807) is 0 Å². The fourth-order valence-corrected chi connectivity index (χ4v) is 2.48. The maximum Gasteiger partial charge on any atom is 0.226 e. The van der Waals surface area contributed by atoms with Gasteiger partial charge >= 0.3 is 0 Å². The molecule has 3 rings (SSSR count). The summed E-state index contributed by atoms with van der Waals surface area (Å²) < 4.78 is 5.57. The Morgan fingerprint density at radius 2 is 2.07 bits per heavy atom. The first kappa shape index (κ1) is 9.09. The van der Waals surface area contributed by atoms with E-state index in [4.69, 9.17) is 4.74 Å². The fraction of sp³-hybridized carbons (Fsp3) is 0.636. The van der Waals surface area contributed by atoms with Gasteiger partial charge in [0.25, 0.3) is 0 Å². The van der Waals surface area contributed by atoms with Gasteiger partial charge in [-0.15, -0.1) is 0 Å². The quantitative estimate of drug-likeness (QED) is 0.687. The van der Waals surface area contributed by atoms with Crippen molar-refractivity contribution >= 4 is 5.95 Å². The van der Waals surface area contributed by atoms with Crippen LogP contribution >= 0.6 is 0 Å². The van der Waals surface area contributed by atoms with Gasteiger partial charge in [-0.2, -0.15) is 0 Å². The Balaban J connectivity index is 1.93. The molecule has 0 radical (unpaired) electrons. The lowest BCUT2D eigenvalue weighted by molar-refractivity contribution is 0.0986. The lowest BCUT2D eigenvalue weighted by atomic mass is 10.2. The van der Waals surface area contributed by atoms with Crippen molar-refractivity contribution in [3.63, 3.8) is 0 Å². The van der Waals surface area contributed by atoms with E-state index in [0.29, 0.717) is 12.1 Å². The van der Waals surface area contributed by atoms with Crippen molar-refractivity contribution in [2.75, 3.05) is 18.1 Å². The van der Waals surface area contributed by atoms with Gasteiger partial charge < -0.3 is 9.64 Å². The first-order valence-electron chi connectivity index (χ1n) is 5.43. The topological polar surface area (TPSA) is 38.2 Å². The Labute approximate surface area is 89.3 Å². The van der Waals surface area contributed by atoms with Gasteiger partial charge in [-0.05, 0) is 26.3 Å². The summed E-state index contributed by atoms with van der Waals surface area (Å²) in [5.74, 6) is 0.878. The maximum atomic E-state index is 5.57. The Morgan fingerprint density at radius 1 is 1.33 bits per heavy atom. The molecule has 0 aromatic carbocycles. The summed E-state index contributed by atoms with van der Waals surface area (Å²) in [6, 6.07) is 2.50. The average molecular weight is 205 g/mol. The number of ether oxygens (including phenoxy) is 1. The van der Waals surface area contributed by atoms with E-state index in [9.17, 15) is 0 Å². The molecular formula is C11H15N3O. The van der Waals surface area contributed by atoms with Crippen LogP contribution in [-0.4, -0.2) is 35.3 Å². The van der Waals surface area contributed by atoms with Crippen LogP contribution in [0.1, 0.15) is 17.8 Å². The van der Waals surface area contributed by atoms with E-state index in [-0.39, 0.29) is 0 Å². The molecule has 2 bridgehead atoms. The van der Waals surface area contributed by atoms with E-state index in [1.807, 2.05) is 19.9 Å². The van der Waals surface area contributed by atoms with Crippen molar-refractivity contribution in [2.24, 2.45) is 0 Å². The molecule has 0 aliphatic carbocycles. The molecule has 2 aliphatic heterocycles. The van der Waals surface area contributed by atoms with Crippen LogP contribution in [0.4, 0.5) is 5.95 Å². The maximum absolute atomic E-state index is 5.57. The molecule has 2 atom stereocenters. The van der Waals surface area contributed by atoms with Crippen LogP contribution in [0, 0.1) is 13.8 Å². The first-order valence-corrected chi connectivity index (χ1v) is 5.43. The van der Waals surface area contributed by atoms with Crippen molar-refractivity contribution in [3.05, 3.63) is 17.5 Å². The number of hydrogen-bond donors (Lipinski definition) is 0. The minimum absolute atomic E-state index is 0.402. The lowest BCUT2D eigenvalue weighted by Crippen LogP contribution is -2.38. The molecule has 2 aliphatic rings. The zero-order valence-corrected chi connectivity index (χ0v) is 9.10. The summed E-state index contributed by atoms with van der Waals surface area (Å²) in [5.41, 5.74) is 2.09. The Bertz CT molecular complexity index is 373. The molecule has 1 aromatic rings. The predicted octanol–water partition coefficient (Wildman–Crippen LogP) is 1.07. The van der Waals surface area contributed by atoms with Crippen molar-refractivity contribution in [3.8, 4) is 0 Å². The van der Waals surface area contributed by atoms with Crippen LogP contribution in [0.25, 0.3) is 0 Å². The van der Waals surface area contributed by atoms with Crippen molar-refractivity contribution in [1.29, 1.82) is 0 Å². The van der Waals surface area contributed by atoms with E-state index >= 15 is 0 Å². The lowest BCUT2D eigenvalue weighted by Gasteiger charge is -2.27. The van der Waals surface area contributed by atoms with Crippen LogP contribution in [-0.2, 0) is 4.74 Å². The number of anilines is 1. The van der Waals surface area contributed by atoms with Gasteiger partial charge in [-0.25, -0.2) is 9.97 Å². The number of hydrogen-bond acceptors (Lipinski definition) is 4. The smallest absolute Gasteiger partial charge is 0.226 e. The molecule has 0 spiro atoms. The summed E-state index contributed by atoms with van der Waals surface area (Å²) in [6.45, 7) is 5.82. The normalized spacial score (nSPS) is 28.8. The highest BCUT2D eigenvalue weighted by Crippen LogP contribution is 2.30. The van der Waals surface area contributed by atoms with Crippen molar-refractivity contribution in [1.82, 2.24) is 9.97 Å². The average Bonchev–Trinajstić information content (AvgIpc) is 2.76. The van der Waals surface area contributed by atoms with Crippen LogP contribution in [0.5, 0.6) is 0 Å². The summed E-state index contributed by atoms with van der Waals surface area (Å²) in [6.07, 6.45) is 1.54. The number of aryl methyl sites for hydroxylation is 2. The molecule has 0 amide bonds. The number of aromatic nitrogens is 2. The minimum Gasteiger partial charge on any atom is -0.374 e. The highest BCUT2D eigenvalue weighted by molar-refractivity contribution is 5.37. The molecule has 1 aromatic heterocycles. The standard InChI is InChI=1S/C11H15N3O/c1-7-3-8(2)13-11(12-7)14-5-10-4-9(14)6-15-10/h3,9-10H,4-6H2,1-2H3. The van der Waals surface area contributed by atoms with Gasteiger partial charge in [0.05, 0.1) is 18.8 Å². The second-order valence-corrected chi connectivity index (χ2v) is 4.45. The Morgan fingerprint density at radius 3 is 2.60 bits per heavy atom. The molecule has 3 heterocycles. The highest BCUT2D eigenvalue weighted by Gasteiger charge is 2.40. The predicted molar refractivity (Wildman–Crippen MR) is 57.0 cm³/mol. The van der Waals surface area contributed by atoms with Crippen molar-refractivity contribution < 1.29 is 4.74 Å². The van der Waals surface area contributed by atoms with E-state index in [2.05, 4.69) is 14.9 Å². The van der Waals surface area contributed by atoms with Gasteiger partial charge in [0.2, 0.25) is 5.95 Å². The Kier molecular flexibility index (Phi) is 1.92.